The second kappa shape index (κ2) is 8.16. The number of benzene rings is 1. The Hall–Kier alpha value is -1.96. The monoisotopic (exact) mass is 408 g/mol. The molecule has 8 heteroatoms. The van der Waals surface area contributed by atoms with Crippen LogP contribution in [-0.4, -0.2) is 24.1 Å². The molecule has 26 heavy (non-hydrogen) atoms. The summed E-state index contributed by atoms with van der Waals surface area (Å²) in [4.78, 5) is 25.5. The van der Waals surface area contributed by atoms with E-state index in [0.29, 0.717) is 15.6 Å². The third kappa shape index (κ3) is 4.23. The topological polar surface area (TPSA) is 67.4 Å². The molecule has 0 spiro atoms. The molecule has 2 aromatic rings. The Balaban J connectivity index is 1.66. The van der Waals surface area contributed by atoms with Crippen LogP contribution in [-0.2, 0) is 28.8 Å². The zero-order valence-corrected chi connectivity index (χ0v) is 16.4. The molecule has 1 aromatic heterocycles. The van der Waals surface area contributed by atoms with Crippen LogP contribution in [0.3, 0.4) is 0 Å². The van der Waals surface area contributed by atoms with Crippen LogP contribution in [0.1, 0.15) is 32.8 Å². The average Bonchev–Trinajstić information content (AvgIpc) is 3.16. The van der Waals surface area contributed by atoms with Gasteiger partial charge in [0.15, 0.2) is 5.11 Å². The quantitative estimate of drug-likeness (QED) is 0.596. The summed E-state index contributed by atoms with van der Waals surface area (Å²) in [6.45, 7) is 0. The van der Waals surface area contributed by atoms with Gasteiger partial charge in [0.1, 0.15) is 5.00 Å². The lowest BCUT2D eigenvalue weighted by molar-refractivity contribution is -0.119. The highest BCUT2D eigenvalue weighted by Crippen LogP contribution is 2.39. The summed E-state index contributed by atoms with van der Waals surface area (Å²) in [6.07, 6.45) is 3.02. The molecule has 0 radical (unpaired) electrons. The third-order valence-electron chi connectivity index (χ3n) is 4.07. The number of thiocarbonyl (C=S) groups is 1. The predicted molar refractivity (Wildman–Crippen MR) is 107 cm³/mol. The van der Waals surface area contributed by atoms with Crippen molar-refractivity contribution in [2.45, 2.75) is 25.7 Å². The fourth-order valence-electron chi connectivity index (χ4n) is 2.90. The number of amides is 1. The number of aryl methyl sites for hydroxylation is 1. The van der Waals surface area contributed by atoms with Gasteiger partial charge in [-0.15, -0.1) is 11.3 Å². The van der Waals surface area contributed by atoms with Crippen LogP contribution in [0.5, 0.6) is 0 Å². The molecule has 5 nitrogen and oxygen atoms in total. The first-order valence-corrected chi connectivity index (χ1v) is 9.66. The Morgan fingerprint density at radius 2 is 2.00 bits per heavy atom. The fraction of sp³-hybridized carbons (Fsp3) is 0.278. The van der Waals surface area contributed by atoms with Gasteiger partial charge in [-0.1, -0.05) is 23.7 Å². The summed E-state index contributed by atoms with van der Waals surface area (Å²) in [6, 6.07) is 7.04. The normalized spacial score (nSPS) is 12.4. The van der Waals surface area contributed by atoms with Crippen molar-refractivity contribution in [3.05, 3.63) is 50.9 Å². The highest BCUT2D eigenvalue weighted by atomic mass is 35.5. The minimum absolute atomic E-state index is 0.161. The Labute approximate surface area is 165 Å². The molecule has 0 aliphatic heterocycles. The van der Waals surface area contributed by atoms with Crippen molar-refractivity contribution < 1.29 is 14.3 Å². The highest BCUT2D eigenvalue weighted by Gasteiger charge is 2.27. The number of thiophene rings is 1. The summed E-state index contributed by atoms with van der Waals surface area (Å²) < 4.78 is 4.90. The van der Waals surface area contributed by atoms with Gasteiger partial charge in [-0.25, -0.2) is 4.79 Å². The Morgan fingerprint density at radius 1 is 1.27 bits per heavy atom. The molecule has 0 bridgehead atoms. The summed E-state index contributed by atoms with van der Waals surface area (Å²) >= 11 is 12.6. The molecule has 1 heterocycles. The maximum absolute atomic E-state index is 12.2. The summed E-state index contributed by atoms with van der Waals surface area (Å²) in [5, 5.41) is 7.02. The van der Waals surface area contributed by atoms with E-state index in [1.807, 2.05) is 0 Å². The van der Waals surface area contributed by atoms with E-state index in [0.717, 1.165) is 30.4 Å². The maximum atomic E-state index is 12.2. The van der Waals surface area contributed by atoms with Crippen LogP contribution in [0, 0.1) is 0 Å². The van der Waals surface area contributed by atoms with Crippen molar-refractivity contribution in [3.8, 4) is 0 Å². The van der Waals surface area contributed by atoms with Gasteiger partial charge in [0.05, 0.1) is 19.1 Å². The van der Waals surface area contributed by atoms with Gasteiger partial charge >= 0.3 is 5.97 Å². The van der Waals surface area contributed by atoms with Gasteiger partial charge in [-0.2, -0.15) is 0 Å². The van der Waals surface area contributed by atoms with Crippen LogP contribution in [0.4, 0.5) is 5.00 Å². The van der Waals surface area contributed by atoms with Crippen LogP contribution in [0.15, 0.2) is 24.3 Å². The second-order valence-corrected chi connectivity index (χ2v) is 7.81. The number of esters is 1. The molecule has 0 fully saturated rings. The van der Waals surface area contributed by atoms with E-state index >= 15 is 0 Å². The molecule has 0 unspecified atom stereocenters. The maximum Gasteiger partial charge on any atom is 0.341 e. The van der Waals surface area contributed by atoms with Gasteiger partial charge in [0, 0.05) is 9.90 Å². The van der Waals surface area contributed by atoms with E-state index < -0.39 is 0 Å². The first-order valence-electron chi connectivity index (χ1n) is 8.06. The minimum Gasteiger partial charge on any atom is -0.465 e. The lowest BCUT2D eigenvalue weighted by atomic mass is 10.1. The van der Waals surface area contributed by atoms with Crippen molar-refractivity contribution in [2.75, 3.05) is 12.4 Å². The van der Waals surface area contributed by atoms with Crippen molar-refractivity contribution >= 4 is 57.1 Å². The number of hydrogen-bond donors (Lipinski definition) is 2. The first kappa shape index (κ1) is 18.8. The molecular formula is C18H17ClN2O3S2. The van der Waals surface area contributed by atoms with Crippen molar-refractivity contribution in [1.82, 2.24) is 5.32 Å². The summed E-state index contributed by atoms with van der Waals surface area (Å²) in [5.41, 5.74) is 2.39. The highest BCUT2D eigenvalue weighted by molar-refractivity contribution is 7.80. The van der Waals surface area contributed by atoms with Gasteiger partial charge < -0.3 is 15.4 Å². The van der Waals surface area contributed by atoms with Crippen molar-refractivity contribution in [1.29, 1.82) is 0 Å². The smallest absolute Gasteiger partial charge is 0.341 e. The standard InChI is InChI=1S/C18H17ClN2O3S2/c1-24-17(23)15-12-3-2-4-13(12)26-16(15)21-18(25)20-14(22)9-10-5-7-11(19)8-6-10/h5-8H,2-4,9H2,1H3,(H2,20,21,22,25). The summed E-state index contributed by atoms with van der Waals surface area (Å²) in [5.74, 6) is -0.629. The van der Waals surface area contributed by atoms with Gasteiger partial charge in [-0.3, -0.25) is 4.79 Å². The molecule has 3 rings (SSSR count). The number of anilines is 1. The lowest BCUT2D eigenvalue weighted by Gasteiger charge is -2.10. The van der Waals surface area contributed by atoms with E-state index in [2.05, 4.69) is 10.6 Å². The molecule has 2 N–H and O–H groups in total. The predicted octanol–water partition coefficient (Wildman–Crippen LogP) is 3.73. The largest absolute Gasteiger partial charge is 0.465 e. The number of fused-ring (bicyclic) bond motifs is 1. The molecule has 0 saturated heterocycles. The number of ether oxygens (including phenoxy) is 1. The van der Waals surface area contributed by atoms with E-state index in [9.17, 15) is 9.59 Å². The van der Waals surface area contributed by atoms with Crippen LogP contribution < -0.4 is 10.6 Å². The fourth-order valence-corrected chi connectivity index (χ4v) is 4.59. The van der Waals surface area contributed by atoms with Gasteiger partial charge in [0.2, 0.25) is 5.91 Å². The van der Waals surface area contributed by atoms with Gasteiger partial charge in [0.25, 0.3) is 0 Å². The number of halogens is 1. The molecule has 136 valence electrons. The van der Waals surface area contributed by atoms with E-state index in [4.69, 9.17) is 28.6 Å². The van der Waals surface area contributed by atoms with E-state index in [-0.39, 0.29) is 23.4 Å². The average molecular weight is 409 g/mol. The van der Waals surface area contributed by atoms with E-state index in [1.54, 1.807) is 24.3 Å². The second-order valence-electron chi connectivity index (χ2n) is 5.86. The third-order valence-corrected chi connectivity index (χ3v) is 5.73. The number of nitrogens with one attached hydrogen (secondary N) is 2. The minimum atomic E-state index is -0.387. The summed E-state index contributed by atoms with van der Waals surface area (Å²) in [7, 11) is 1.36. The molecule has 0 atom stereocenters. The Kier molecular flexibility index (Phi) is 5.90. The zero-order valence-electron chi connectivity index (χ0n) is 14.1. The number of methoxy groups -OCH3 is 1. The zero-order chi connectivity index (χ0) is 18.7. The number of hydrogen-bond acceptors (Lipinski definition) is 5. The van der Waals surface area contributed by atoms with Crippen LogP contribution in [0.2, 0.25) is 5.02 Å². The SMILES string of the molecule is COC(=O)c1c(NC(=S)NC(=O)Cc2ccc(Cl)cc2)sc2c1CCC2. The molecule has 1 aromatic carbocycles. The van der Waals surface area contributed by atoms with Crippen LogP contribution >= 0.6 is 35.2 Å². The Morgan fingerprint density at radius 3 is 2.69 bits per heavy atom. The molecule has 0 saturated carbocycles. The molecule has 1 amide bonds. The molecular weight excluding hydrogens is 392 g/mol. The first-order chi connectivity index (χ1) is 12.5. The van der Waals surface area contributed by atoms with Gasteiger partial charge in [-0.05, 0) is 54.7 Å². The van der Waals surface area contributed by atoms with Crippen molar-refractivity contribution in [2.24, 2.45) is 0 Å². The lowest BCUT2D eigenvalue weighted by Crippen LogP contribution is -2.35. The van der Waals surface area contributed by atoms with Crippen LogP contribution in [0.25, 0.3) is 0 Å². The number of carbonyl (C=O) groups excluding carboxylic acids is 2. The van der Waals surface area contributed by atoms with E-state index in [1.165, 1.54) is 23.3 Å². The number of carbonyl (C=O) groups is 2. The molecule has 1 aliphatic carbocycles. The van der Waals surface area contributed by atoms with Crippen molar-refractivity contribution in [3.63, 3.8) is 0 Å². The number of rotatable bonds is 4. The molecule has 1 aliphatic rings. The Bertz CT molecular complexity index is 862.